The highest BCUT2D eigenvalue weighted by Gasteiger charge is 2.26. The fraction of sp³-hybridized carbons (Fsp3) is 0.588. The lowest BCUT2D eigenvalue weighted by Crippen LogP contribution is -2.47. The van der Waals surface area contributed by atoms with E-state index in [0.29, 0.717) is 17.6 Å². The van der Waals surface area contributed by atoms with Crippen LogP contribution in [0.15, 0.2) is 24.3 Å². The molecule has 116 valence electrons. The van der Waals surface area contributed by atoms with Crippen LogP contribution in [0.2, 0.25) is 0 Å². The van der Waals surface area contributed by atoms with Crippen molar-refractivity contribution in [2.75, 3.05) is 6.54 Å². The number of benzene rings is 1. The maximum atomic E-state index is 12.8. The van der Waals surface area contributed by atoms with E-state index in [-0.39, 0.29) is 17.9 Å². The van der Waals surface area contributed by atoms with Gasteiger partial charge in [0.2, 0.25) is 0 Å². The highest BCUT2D eigenvalue weighted by Crippen LogP contribution is 2.23. The van der Waals surface area contributed by atoms with Gasteiger partial charge >= 0.3 is 5.97 Å². The Morgan fingerprint density at radius 2 is 1.86 bits per heavy atom. The Bertz CT molecular complexity index is 464. The number of likely N-dealkylation sites (tertiary alicyclic amines) is 1. The van der Waals surface area contributed by atoms with Gasteiger partial charge in [-0.3, -0.25) is 4.90 Å². The van der Waals surface area contributed by atoms with E-state index in [1.54, 1.807) is 0 Å². The molecule has 1 saturated heterocycles. The summed E-state index contributed by atoms with van der Waals surface area (Å²) >= 11 is 0. The molecule has 1 aromatic carbocycles. The topological polar surface area (TPSA) is 29.5 Å². The molecule has 1 heterocycles. The minimum atomic E-state index is -0.389. The molecule has 0 radical (unpaired) electrons. The summed E-state index contributed by atoms with van der Waals surface area (Å²) in [4.78, 5) is 14.4. The Morgan fingerprint density at radius 3 is 2.43 bits per heavy atom. The highest BCUT2D eigenvalue weighted by atomic mass is 19.1. The second-order valence-electron chi connectivity index (χ2n) is 6.05. The summed E-state index contributed by atoms with van der Waals surface area (Å²) in [6.07, 6.45) is 3.49. The van der Waals surface area contributed by atoms with Crippen molar-refractivity contribution in [3.63, 3.8) is 0 Å². The normalized spacial score (nSPS) is 24.6. The van der Waals surface area contributed by atoms with Crippen LogP contribution in [0.4, 0.5) is 4.39 Å². The molecule has 0 amide bonds. The van der Waals surface area contributed by atoms with Gasteiger partial charge in [0.25, 0.3) is 0 Å². The zero-order valence-electron chi connectivity index (χ0n) is 13.0. The Balaban J connectivity index is 1.90. The van der Waals surface area contributed by atoms with Crippen LogP contribution in [0.3, 0.4) is 0 Å². The van der Waals surface area contributed by atoms with E-state index in [2.05, 4.69) is 18.7 Å². The van der Waals surface area contributed by atoms with Gasteiger partial charge in [0.15, 0.2) is 0 Å². The van der Waals surface area contributed by atoms with Gasteiger partial charge in [-0.25, -0.2) is 9.18 Å². The standard InChI is InChI=1S/C17H24FNO2/c1-12-5-4-6-13(2)19(12)11-14(3)21-17(20)15-7-9-16(18)10-8-15/h7-10,12-14H,4-6,11H2,1-3H3/t12-,13+,14-/m1/s1. The van der Waals surface area contributed by atoms with Crippen LogP contribution < -0.4 is 0 Å². The van der Waals surface area contributed by atoms with Crippen LogP contribution in [0, 0.1) is 5.82 Å². The van der Waals surface area contributed by atoms with Crippen molar-refractivity contribution in [3.8, 4) is 0 Å². The predicted molar refractivity (Wildman–Crippen MR) is 80.8 cm³/mol. The smallest absolute Gasteiger partial charge is 0.338 e. The Hall–Kier alpha value is -1.42. The number of nitrogens with zero attached hydrogens (tertiary/aromatic N) is 1. The van der Waals surface area contributed by atoms with Gasteiger partial charge in [0.05, 0.1) is 5.56 Å². The Morgan fingerprint density at radius 1 is 1.29 bits per heavy atom. The second kappa shape index (κ2) is 7.03. The van der Waals surface area contributed by atoms with Crippen molar-refractivity contribution in [1.82, 2.24) is 4.90 Å². The first-order chi connectivity index (χ1) is 9.97. The molecule has 0 aliphatic carbocycles. The first-order valence-corrected chi connectivity index (χ1v) is 7.69. The van der Waals surface area contributed by atoms with E-state index in [4.69, 9.17) is 4.74 Å². The molecule has 21 heavy (non-hydrogen) atoms. The van der Waals surface area contributed by atoms with E-state index >= 15 is 0 Å². The molecule has 4 heteroatoms. The molecule has 0 spiro atoms. The molecule has 1 aliphatic rings. The van der Waals surface area contributed by atoms with Crippen molar-refractivity contribution >= 4 is 5.97 Å². The first-order valence-electron chi connectivity index (χ1n) is 7.69. The summed E-state index contributed by atoms with van der Waals surface area (Å²) in [5.41, 5.74) is 0.392. The summed E-state index contributed by atoms with van der Waals surface area (Å²) in [6.45, 7) is 7.11. The maximum absolute atomic E-state index is 12.8. The lowest BCUT2D eigenvalue weighted by atomic mass is 9.97. The number of halogens is 1. The fourth-order valence-corrected chi connectivity index (χ4v) is 3.01. The van der Waals surface area contributed by atoms with Crippen molar-refractivity contribution in [2.24, 2.45) is 0 Å². The Labute approximate surface area is 126 Å². The van der Waals surface area contributed by atoms with Gasteiger partial charge in [-0.1, -0.05) is 6.42 Å². The number of piperidine rings is 1. The fourth-order valence-electron chi connectivity index (χ4n) is 3.01. The summed E-state index contributed by atoms with van der Waals surface area (Å²) < 4.78 is 18.3. The number of ether oxygens (including phenoxy) is 1. The van der Waals surface area contributed by atoms with E-state index in [1.165, 1.54) is 43.5 Å². The molecule has 3 nitrogen and oxygen atoms in total. The third kappa shape index (κ3) is 4.27. The summed E-state index contributed by atoms with van der Waals surface area (Å²) in [5.74, 6) is -0.740. The SMILES string of the molecule is C[C@H](CN1[C@H](C)CCC[C@@H]1C)OC(=O)c1ccc(F)cc1. The summed E-state index contributed by atoms with van der Waals surface area (Å²) in [5, 5.41) is 0. The number of carbonyl (C=O) groups excluding carboxylic acids is 1. The molecule has 0 unspecified atom stereocenters. The number of rotatable bonds is 4. The molecule has 1 aliphatic heterocycles. The van der Waals surface area contributed by atoms with Crippen molar-refractivity contribution in [3.05, 3.63) is 35.6 Å². The van der Waals surface area contributed by atoms with Crippen LogP contribution in [-0.2, 0) is 4.74 Å². The minimum absolute atomic E-state index is 0.175. The molecule has 0 N–H and O–H groups in total. The van der Waals surface area contributed by atoms with Gasteiger partial charge in [-0.2, -0.15) is 0 Å². The molecule has 1 aromatic rings. The summed E-state index contributed by atoms with van der Waals surface area (Å²) in [7, 11) is 0. The largest absolute Gasteiger partial charge is 0.458 e. The van der Waals surface area contributed by atoms with Crippen molar-refractivity contribution < 1.29 is 13.9 Å². The predicted octanol–water partition coefficient (Wildman–Crippen LogP) is 3.63. The molecule has 2 rings (SSSR count). The van der Waals surface area contributed by atoms with Crippen molar-refractivity contribution in [2.45, 2.75) is 58.2 Å². The maximum Gasteiger partial charge on any atom is 0.338 e. The van der Waals surface area contributed by atoms with Crippen LogP contribution >= 0.6 is 0 Å². The molecular weight excluding hydrogens is 269 g/mol. The van der Waals surface area contributed by atoms with E-state index in [0.717, 1.165) is 6.54 Å². The van der Waals surface area contributed by atoms with Gasteiger partial charge in [0.1, 0.15) is 11.9 Å². The van der Waals surface area contributed by atoms with Gasteiger partial charge in [-0.15, -0.1) is 0 Å². The molecule has 0 bridgehead atoms. The minimum Gasteiger partial charge on any atom is -0.458 e. The number of hydrogen-bond donors (Lipinski definition) is 0. The molecular formula is C17H24FNO2. The lowest BCUT2D eigenvalue weighted by molar-refractivity contribution is 0.00811. The molecule has 0 saturated carbocycles. The Kier molecular flexibility index (Phi) is 5.34. The number of hydrogen-bond acceptors (Lipinski definition) is 3. The average Bonchev–Trinajstić information content (AvgIpc) is 2.43. The van der Waals surface area contributed by atoms with Crippen LogP contribution in [0.1, 0.15) is 50.4 Å². The number of carbonyl (C=O) groups is 1. The van der Waals surface area contributed by atoms with E-state index in [1.807, 2.05) is 6.92 Å². The lowest BCUT2D eigenvalue weighted by Gasteiger charge is -2.40. The van der Waals surface area contributed by atoms with Crippen molar-refractivity contribution in [1.29, 1.82) is 0 Å². The first kappa shape index (κ1) is 16.0. The monoisotopic (exact) mass is 293 g/mol. The van der Waals surface area contributed by atoms with E-state index in [9.17, 15) is 9.18 Å². The summed E-state index contributed by atoms with van der Waals surface area (Å²) in [6, 6.07) is 6.51. The van der Waals surface area contributed by atoms with Gasteiger partial charge in [0, 0.05) is 18.6 Å². The average molecular weight is 293 g/mol. The van der Waals surface area contributed by atoms with Crippen LogP contribution in [-0.4, -0.2) is 35.6 Å². The van der Waals surface area contributed by atoms with E-state index < -0.39 is 0 Å². The zero-order valence-corrected chi connectivity index (χ0v) is 13.0. The third-order valence-electron chi connectivity index (χ3n) is 4.23. The van der Waals surface area contributed by atoms with Crippen LogP contribution in [0.25, 0.3) is 0 Å². The van der Waals surface area contributed by atoms with Gasteiger partial charge in [-0.05, 0) is 57.9 Å². The quantitative estimate of drug-likeness (QED) is 0.794. The number of esters is 1. The second-order valence-corrected chi connectivity index (χ2v) is 6.05. The van der Waals surface area contributed by atoms with Gasteiger partial charge < -0.3 is 4.74 Å². The molecule has 0 aromatic heterocycles. The van der Waals surface area contributed by atoms with Crippen LogP contribution in [0.5, 0.6) is 0 Å². The molecule has 1 fully saturated rings. The zero-order chi connectivity index (χ0) is 15.4. The molecule has 3 atom stereocenters. The third-order valence-corrected chi connectivity index (χ3v) is 4.23. The highest BCUT2D eigenvalue weighted by molar-refractivity contribution is 5.89.